The summed E-state index contributed by atoms with van der Waals surface area (Å²) in [6, 6.07) is 5.59. The quantitative estimate of drug-likeness (QED) is 0.814. The third-order valence-electron chi connectivity index (χ3n) is 3.79. The number of anilines is 2. The van der Waals surface area contributed by atoms with Gasteiger partial charge in [0.15, 0.2) is 0 Å². The first-order valence-electron chi connectivity index (χ1n) is 7.58. The summed E-state index contributed by atoms with van der Waals surface area (Å²) < 4.78 is 5.65. The van der Waals surface area contributed by atoms with Gasteiger partial charge in [-0.3, -0.25) is 9.69 Å². The smallest absolute Gasteiger partial charge is 0.238 e. The number of likely N-dealkylation sites (tertiary alicyclic amines) is 1. The van der Waals surface area contributed by atoms with Crippen molar-refractivity contribution >= 4 is 17.3 Å². The molecule has 1 saturated heterocycles. The number of rotatable bonds is 5. The molecule has 1 amide bonds. The van der Waals surface area contributed by atoms with Crippen molar-refractivity contribution in [3.63, 3.8) is 0 Å². The number of nitrogen functional groups attached to an aromatic ring is 1. The van der Waals surface area contributed by atoms with Crippen molar-refractivity contribution in [2.24, 2.45) is 0 Å². The third kappa shape index (κ3) is 4.72. The van der Waals surface area contributed by atoms with Gasteiger partial charge in [-0.2, -0.15) is 0 Å². The van der Waals surface area contributed by atoms with E-state index in [-0.39, 0.29) is 12.0 Å². The molecule has 1 atom stereocenters. The Labute approximate surface area is 126 Å². The van der Waals surface area contributed by atoms with Crippen molar-refractivity contribution < 1.29 is 9.53 Å². The Morgan fingerprint density at radius 1 is 1.52 bits per heavy atom. The number of nitrogens with two attached hydrogens (primary N) is 1. The van der Waals surface area contributed by atoms with Gasteiger partial charge in [-0.05, 0) is 50.9 Å². The molecule has 1 heterocycles. The lowest BCUT2D eigenvalue weighted by atomic mass is 10.1. The van der Waals surface area contributed by atoms with Gasteiger partial charge in [-0.15, -0.1) is 0 Å². The van der Waals surface area contributed by atoms with Gasteiger partial charge in [0.05, 0.1) is 12.6 Å². The monoisotopic (exact) mass is 291 g/mol. The number of amides is 1. The number of piperidine rings is 1. The highest BCUT2D eigenvalue weighted by molar-refractivity contribution is 5.92. The van der Waals surface area contributed by atoms with E-state index < -0.39 is 0 Å². The summed E-state index contributed by atoms with van der Waals surface area (Å²) in [5.74, 6) is -0.00426. The lowest BCUT2D eigenvalue weighted by Crippen LogP contribution is -2.43. The second kappa shape index (κ2) is 7.43. The molecule has 116 valence electrons. The van der Waals surface area contributed by atoms with E-state index in [0.717, 1.165) is 43.8 Å². The predicted octanol–water partition coefficient (Wildman–Crippen LogP) is 2.02. The van der Waals surface area contributed by atoms with Crippen LogP contribution in [0.15, 0.2) is 18.2 Å². The number of ether oxygens (including phenoxy) is 1. The highest BCUT2D eigenvalue weighted by Gasteiger charge is 2.21. The number of benzene rings is 1. The van der Waals surface area contributed by atoms with Crippen LogP contribution in [0.4, 0.5) is 11.4 Å². The van der Waals surface area contributed by atoms with Crippen LogP contribution in [-0.4, -0.2) is 43.2 Å². The Morgan fingerprint density at radius 2 is 2.33 bits per heavy atom. The van der Waals surface area contributed by atoms with Crippen molar-refractivity contribution in [3.05, 3.63) is 23.8 Å². The summed E-state index contributed by atoms with van der Waals surface area (Å²) in [5, 5.41) is 2.90. The SMILES string of the molecule is CCOC1CCCN(CC(=O)Nc2ccc(C)c(N)c2)C1. The lowest BCUT2D eigenvalue weighted by molar-refractivity contribution is -0.118. The minimum atomic E-state index is -0.00426. The summed E-state index contributed by atoms with van der Waals surface area (Å²) in [6.07, 6.45) is 2.42. The van der Waals surface area contributed by atoms with Gasteiger partial charge in [-0.1, -0.05) is 6.07 Å². The van der Waals surface area contributed by atoms with Crippen LogP contribution in [0.2, 0.25) is 0 Å². The number of nitrogens with zero attached hydrogens (tertiary/aromatic N) is 1. The fraction of sp³-hybridized carbons (Fsp3) is 0.562. The molecular formula is C16H25N3O2. The second-order valence-electron chi connectivity index (χ2n) is 5.57. The minimum Gasteiger partial charge on any atom is -0.398 e. The fourth-order valence-electron chi connectivity index (χ4n) is 2.65. The molecule has 1 aliphatic rings. The number of hydrogen-bond donors (Lipinski definition) is 2. The van der Waals surface area contributed by atoms with Crippen LogP contribution in [0.5, 0.6) is 0 Å². The van der Waals surface area contributed by atoms with Crippen molar-refractivity contribution in [1.82, 2.24) is 4.90 Å². The topological polar surface area (TPSA) is 67.6 Å². The van der Waals surface area contributed by atoms with Crippen LogP contribution in [0.25, 0.3) is 0 Å². The zero-order valence-electron chi connectivity index (χ0n) is 12.9. The zero-order chi connectivity index (χ0) is 15.2. The molecule has 2 rings (SSSR count). The normalized spacial score (nSPS) is 19.4. The van der Waals surface area contributed by atoms with E-state index in [1.807, 2.05) is 26.0 Å². The molecule has 0 aromatic heterocycles. The lowest BCUT2D eigenvalue weighted by Gasteiger charge is -2.31. The Kier molecular flexibility index (Phi) is 5.59. The molecule has 0 bridgehead atoms. The maximum Gasteiger partial charge on any atom is 0.238 e. The first-order chi connectivity index (χ1) is 10.1. The fourth-order valence-corrected chi connectivity index (χ4v) is 2.65. The van der Waals surface area contributed by atoms with Crippen molar-refractivity contribution in [2.45, 2.75) is 32.8 Å². The van der Waals surface area contributed by atoms with E-state index in [4.69, 9.17) is 10.5 Å². The van der Waals surface area contributed by atoms with Gasteiger partial charge in [-0.25, -0.2) is 0 Å². The minimum absolute atomic E-state index is 0.00426. The van der Waals surface area contributed by atoms with Crippen LogP contribution < -0.4 is 11.1 Å². The molecule has 1 fully saturated rings. The average molecular weight is 291 g/mol. The Bertz CT molecular complexity index is 488. The van der Waals surface area contributed by atoms with E-state index in [9.17, 15) is 4.79 Å². The number of carbonyl (C=O) groups excluding carboxylic acids is 1. The molecular weight excluding hydrogens is 266 g/mol. The Hall–Kier alpha value is -1.59. The van der Waals surface area contributed by atoms with Gasteiger partial charge in [0, 0.05) is 24.5 Å². The van der Waals surface area contributed by atoms with Crippen molar-refractivity contribution in [2.75, 3.05) is 37.3 Å². The molecule has 3 N–H and O–H groups in total. The van der Waals surface area contributed by atoms with Gasteiger partial charge >= 0.3 is 0 Å². The van der Waals surface area contributed by atoms with Crippen LogP contribution in [0, 0.1) is 6.92 Å². The van der Waals surface area contributed by atoms with Crippen molar-refractivity contribution in [1.29, 1.82) is 0 Å². The molecule has 5 nitrogen and oxygen atoms in total. The summed E-state index contributed by atoms with van der Waals surface area (Å²) in [7, 11) is 0. The summed E-state index contributed by atoms with van der Waals surface area (Å²) >= 11 is 0. The van der Waals surface area contributed by atoms with Crippen molar-refractivity contribution in [3.8, 4) is 0 Å². The van der Waals surface area contributed by atoms with E-state index in [1.165, 1.54) is 0 Å². The van der Waals surface area contributed by atoms with E-state index in [0.29, 0.717) is 12.2 Å². The van der Waals surface area contributed by atoms with Crippen LogP contribution in [0.1, 0.15) is 25.3 Å². The van der Waals surface area contributed by atoms with E-state index in [2.05, 4.69) is 10.2 Å². The summed E-state index contributed by atoms with van der Waals surface area (Å²) in [6.45, 7) is 6.87. The molecule has 21 heavy (non-hydrogen) atoms. The maximum atomic E-state index is 12.1. The molecule has 5 heteroatoms. The molecule has 0 spiro atoms. The Morgan fingerprint density at radius 3 is 3.05 bits per heavy atom. The van der Waals surface area contributed by atoms with Gasteiger partial charge < -0.3 is 15.8 Å². The standard InChI is InChI=1S/C16H25N3O2/c1-3-21-14-5-4-8-19(10-14)11-16(20)18-13-7-6-12(2)15(17)9-13/h6-7,9,14H,3-5,8,10-11,17H2,1-2H3,(H,18,20). The average Bonchev–Trinajstić information content (AvgIpc) is 2.43. The molecule has 1 aromatic carbocycles. The van der Waals surface area contributed by atoms with Crippen LogP contribution in [-0.2, 0) is 9.53 Å². The first kappa shape index (κ1) is 15.8. The number of nitrogens with one attached hydrogen (secondary N) is 1. The number of hydrogen-bond acceptors (Lipinski definition) is 4. The predicted molar refractivity (Wildman–Crippen MR) is 85.3 cm³/mol. The number of aryl methyl sites for hydroxylation is 1. The second-order valence-corrected chi connectivity index (χ2v) is 5.57. The molecule has 1 aliphatic heterocycles. The van der Waals surface area contributed by atoms with Gasteiger partial charge in [0.1, 0.15) is 0 Å². The van der Waals surface area contributed by atoms with E-state index in [1.54, 1.807) is 6.07 Å². The maximum absolute atomic E-state index is 12.1. The molecule has 0 radical (unpaired) electrons. The Balaban J connectivity index is 1.84. The first-order valence-corrected chi connectivity index (χ1v) is 7.58. The van der Waals surface area contributed by atoms with Crippen LogP contribution in [0.3, 0.4) is 0 Å². The van der Waals surface area contributed by atoms with Crippen LogP contribution >= 0.6 is 0 Å². The molecule has 0 saturated carbocycles. The van der Waals surface area contributed by atoms with Gasteiger partial charge in [0.2, 0.25) is 5.91 Å². The highest BCUT2D eigenvalue weighted by atomic mass is 16.5. The zero-order valence-corrected chi connectivity index (χ0v) is 12.9. The third-order valence-corrected chi connectivity index (χ3v) is 3.79. The molecule has 0 aliphatic carbocycles. The largest absolute Gasteiger partial charge is 0.398 e. The molecule has 1 unspecified atom stereocenters. The summed E-state index contributed by atoms with van der Waals surface area (Å²) in [4.78, 5) is 14.3. The summed E-state index contributed by atoms with van der Waals surface area (Å²) in [5.41, 5.74) is 8.32. The van der Waals surface area contributed by atoms with Gasteiger partial charge in [0.25, 0.3) is 0 Å². The highest BCUT2D eigenvalue weighted by Crippen LogP contribution is 2.17. The number of carbonyl (C=O) groups is 1. The van der Waals surface area contributed by atoms with E-state index >= 15 is 0 Å². The molecule has 1 aromatic rings.